The number of unbranched alkanes of at least 4 members (excludes halogenated alkanes) is 3. The molecule has 1 saturated carbocycles. The molecule has 0 radical (unpaired) electrons. The van der Waals surface area contributed by atoms with Crippen LogP contribution in [0, 0.1) is 5.92 Å². The van der Waals surface area contributed by atoms with Crippen molar-refractivity contribution in [1.29, 1.82) is 0 Å². The van der Waals surface area contributed by atoms with Crippen LogP contribution in [0.5, 0.6) is 0 Å². The van der Waals surface area contributed by atoms with Crippen molar-refractivity contribution in [2.45, 2.75) is 70.1 Å². The van der Waals surface area contributed by atoms with Gasteiger partial charge in [-0.15, -0.1) is 0 Å². The third kappa shape index (κ3) is 5.53. The van der Waals surface area contributed by atoms with Gasteiger partial charge in [0.2, 0.25) is 0 Å². The summed E-state index contributed by atoms with van der Waals surface area (Å²) in [6.07, 6.45) is 11.4. The molecular formula is C19H28O2. The van der Waals surface area contributed by atoms with Gasteiger partial charge in [0, 0.05) is 6.42 Å². The van der Waals surface area contributed by atoms with Gasteiger partial charge in [-0.25, -0.2) is 0 Å². The molecule has 1 aliphatic rings. The molecule has 0 amide bonds. The van der Waals surface area contributed by atoms with Crippen LogP contribution in [0.1, 0.15) is 75.7 Å². The van der Waals surface area contributed by atoms with Crippen LogP contribution >= 0.6 is 0 Å². The summed E-state index contributed by atoms with van der Waals surface area (Å²) in [5, 5.41) is 8.63. The summed E-state index contributed by atoms with van der Waals surface area (Å²) < 4.78 is 0. The molecule has 2 nitrogen and oxygen atoms in total. The molecule has 116 valence electrons. The Morgan fingerprint density at radius 2 is 1.71 bits per heavy atom. The van der Waals surface area contributed by atoms with Crippen LogP contribution in [0.2, 0.25) is 0 Å². The third-order valence-corrected chi connectivity index (χ3v) is 4.85. The molecule has 2 atom stereocenters. The number of carboxylic acid groups (broad SMARTS) is 1. The number of benzene rings is 1. The fraction of sp³-hybridized carbons (Fsp3) is 0.632. The van der Waals surface area contributed by atoms with Crippen LogP contribution in [0.25, 0.3) is 0 Å². The van der Waals surface area contributed by atoms with Crippen molar-refractivity contribution in [2.24, 2.45) is 5.92 Å². The molecule has 2 rings (SSSR count). The number of aliphatic carboxylic acids is 1. The molecule has 1 fully saturated rings. The number of rotatable bonds is 8. The Hall–Kier alpha value is -1.31. The van der Waals surface area contributed by atoms with E-state index in [0.29, 0.717) is 6.42 Å². The summed E-state index contributed by atoms with van der Waals surface area (Å²) in [6, 6.07) is 11.0. The number of hydrogen-bond donors (Lipinski definition) is 1. The monoisotopic (exact) mass is 288 g/mol. The zero-order valence-electron chi connectivity index (χ0n) is 13.0. The van der Waals surface area contributed by atoms with Gasteiger partial charge in [0.25, 0.3) is 0 Å². The lowest BCUT2D eigenvalue weighted by atomic mass is 9.73. The Bertz CT molecular complexity index is 413. The van der Waals surface area contributed by atoms with E-state index in [1.54, 1.807) is 0 Å². The maximum atomic E-state index is 10.5. The molecule has 21 heavy (non-hydrogen) atoms. The quantitative estimate of drug-likeness (QED) is 0.651. The van der Waals surface area contributed by atoms with E-state index in [0.717, 1.165) is 24.7 Å². The summed E-state index contributed by atoms with van der Waals surface area (Å²) in [6.45, 7) is 0. The average Bonchev–Trinajstić information content (AvgIpc) is 2.52. The minimum Gasteiger partial charge on any atom is -0.481 e. The number of carbonyl (C=O) groups is 1. The average molecular weight is 288 g/mol. The fourth-order valence-corrected chi connectivity index (χ4v) is 3.73. The first-order chi connectivity index (χ1) is 10.3. The van der Waals surface area contributed by atoms with Crippen LogP contribution in [0.4, 0.5) is 0 Å². The Labute approximate surface area is 128 Å². The lowest BCUT2D eigenvalue weighted by Crippen LogP contribution is -2.17. The molecule has 2 unspecified atom stereocenters. The zero-order valence-corrected chi connectivity index (χ0v) is 13.0. The zero-order chi connectivity index (χ0) is 14.9. The van der Waals surface area contributed by atoms with E-state index < -0.39 is 5.97 Å². The second kappa shape index (κ2) is 8.86. The van der Waals surface area contributed by atoms with Gasteiger partial charge in [-0.05, 0) is 43.1 Å². The molecule has 1 aromatic carbocycles. The Balaban J connectivity index is 1.74. The maximum Gasteiger partial charge on any atom is 0.303 e. The van der Waals surface area contributed by atoms with Gasteiger partial charge in [-0.1, -0.05) is 62.4 Å². The molecule has 2 heteroatoms. The van der Waals surface area contributed by atoms with E-state index in [1.165, 1.54) is 50.5 Å². The van der Waals surface area contributed by atoms with Crippen molar-refractivity contribution in [3.63, 3.8) is 0 Å². The lowest BCUT2D eigenvalue weighted by molar-refractivity contribution is -0.137. The van der Waals surface area contributed by atoms with Crippen molar-refractivity contribution in [2.75, 3.05) is 0 Å². The molecule has 1 aromatic rings. The van der Waals surface area contributed by atoms with Gasteiger partial charge in [0.05, 0.1) is 0 Å². The highest BCUT2D eigenvalue weighted by Gasteiger charge is 2.25. The van der Waals surface area contributed by atoms with E-state index in [2.05, 4.69) is 30.3 Å². The first-order valence-electron chi connectivity index (χ1n) is 8.54. The Morgan fingerprint density at radius 3 is 2.48 bits per heavy atom. The lowest BCUT2D eigenvalue weighted by Gasteiger charge is -2.32. The molecule has 1 N–H and O–H groups in total. The second-order valence-corrected chi connectivity index (χ2v) is 6.41. The second-order valence-electron chi connectivity index (χ2n) is 6.41. The van der Waals surface area contributed by atoms with Gasteiger partial charge in [-0.2, -0.15) is 0 Å². The van der Waals surface area contributed by atoms with E-state index in [1.807, 2.05) is 0 Å². The molecule has 0 aliphatic heterocycles. The summed E-state index contributed by atoms with van der Waals surface area (Å²) >= 11 is 0. The largest absolute Gasteiger partial charge is 0.481 e. The van der Waals surface area contributed by atoms with E-state index in [4.69, 9.17) is 5.11 Å². The van der Waals surface area contributed by atoms with E-state index in [9.17, 15) is 4.79 Å². The predicted octanol–water partition coefficient (Wildman–Crippen LogP) is 5.39. The normalized spacial score (nSPS) is 22.1. The summed E-state index contributed by atoms with van der Waals surface area (Å²) in [4.78, 5) is 10.5. The SMILES string of the molecule is O=C(O)CCCCCCC1CCCCC1c1ccccc1. The van der Waals surface area contributed by atoms with Crippen LogP contribution in [0.15, 0.2) is 30.3 Å². The molecule has 0 heterocycles. The minimum absolute atomic E-state index is 0.329. The summed E-state index contributed by atoms with van der Waals surface area (Å²) in [5.41, 5.74) is 1.52. The van der Waals surface area contributed by atoms with Crippen LogP contribution in [-0.2, 0) is 4.79 Å². The van der Waals surface area contributed by atoms with Gasteiger partial charge < -0.3 is 5.11 Å². The van der Waals surface area contributed by atoms with Gasteiger partial charge in [0.15, 0.2) is 0 Å². The smallest absolute Gasteiger partial charge is 0.303 e. The predicted molar refractivity (Wildman–Crippen MR) is 86.5 cm³/mol. The standard InChI is InChI=1S/C19H28O2/c20-19(21)15-7-2-1-4-10-17-13-8-9-14-18(17)16-11-5-3-6-12-16/h3,5-6,11-12,17-18H,1-2,4,7-10,13-15H2,(H,20,21). The highest BCUT2D eigenvalue weighted by Crippen LogP contribution is 2.40. The Kier molecular flexibility index (Phi) is 6.78. The van der Waals surface area contributed by atoms with Crippen LogP contribution in [0.3, 0.4) is 0 Å². The summed E-state index contributed by atoms with van der Waals surface area (Å²) in [7, 11) is 0. The maximum absolute atomic E-state index is 10.5. The molecule has 0 spiro atoms. The van der Waals surface area contributed by atoms with Gasteiger partial charge in [0.1, 0.15) is 0 Å². The Morgan fingerprint density at radius 1 is 1.00 bits per heavy atom. The molecule has 0 aromatic heterocycles. The first kappa shape index (κ1) is 16.1. The number of carboxylic acids is 1. The van der Waals surface area contributed by atoms with Crippen molar-refractivity contribution in [3.8, 4) is 0 Å². The molecular weight excluding hydrogens is 260 g/mol. The van der Waals surface area contributed by atoms with E-state index in [-0.39, 0.29) is 0 Å². The van der Waals surface area contributed by atoms with Crippen LogP contribution < -0.4 is 0 Å². The van der Waals surface area contributed by atoms with Crippen LogP contribution in [-0.4, -0.2) is 11.1 Å². The van der Waals surface area contributed by atoms with E-state index >= 15 is 0 Å². The van der Waals surface area contributed by atoms with Crippen molar-refractivity contribution >= 4 is 5.97 Å². The highest BCUT2D eigenvalue weighted by molar-refractivity contribution is 5.66. The van der Waals surface area contributed by atoms with Crippen molar-refractivity contribution in [1.82, 2.24) is 0 Å². The topological polar surface area (TPSA) is 37.3 Å². The molecule has 1 aliphatic carbocycles. The highest BCUT2D eigenvalue weighted by atomic mass is 16.4. The van der Waals surface area contributed by atoms with Gasteiger partial charge >= 0.3 is 5.97 Å². The first-order valence-corrected chi connectivity index (χ1v) is 8.54. The molecule has 0 saturated heterocycles. The number of hydrogen-bond acceptors (Lipinski definition) is 1. The van der Waals surface area contributed by atoms with Gasteiger partial charge in [-0.3, -0.25) is 4.79 Å². The minimum atomic E-state index is -0.661. The molecule has 0 bridgehead atoms. The van der Waals surface area contributed by atoms with Crippen molar-refractivity contribution < 1.29 is 9.90 Å². The van der Waals surface area contributed by atoms with Crippen molar-refractivity contribution in [3.05, 3.63) is 35.9 Å². The fourth-order valence-electron chi connectivity index (χ4n) is 3.73. The summed E-state index contributed by atoms with van der Waals surface area (Å²) in [5.74, 6) is 0.922. The third-order valence-electron chi connectivity index (χ3n) is 4.85.